The van der Waals surface area contributed by atoms with Crippen LogP contribution in [0.15, 0.2) is 0 Å². The van der Waals surface area contributed by atoms with Crippen molar-refractivity contribution in [3.8, 4) is 0 Å². The predicted octanol–water partition coefficient (Wildman–Crippen LogP) is 3.36. The molecule has 20 nitrogen and oxygen atoms in total. The van der Waals surface area contributed by atoms with Gasteiger partial charge >= 0.3 is 42.7 Å². The molecule has 0 aromatic carbocycles. The van der Waals surface area contributed by atoms with E-state index >= 15 is 0 Å². The molecule has 0 heterocycles. The Kier molecular flexibility index (Phi) is 38.4. The summed E-state index contributed by atoms with van der Waals surface area (Å²) in [6.07, 6.45) is 20.7. The molecular weight excluding hydrogens is 916 g/mol. The number of nitrogens with one attached hydrogen (secondary N) is 6. The second kappa shape index (κ2) is 41.0. The molecule has 0 saturated heterocycles. The predicted molar refractivity (Wildman–Crippen MR) is 261 cm³/mol. The first-order valence-corrected chi connectivity index (χ1v) is 25.9. The molecule has 10 N–H and O–H groups in total. The fourth-order valence-corrected chi connectivity index (χ4v) is 8.43. The van der Waals surface area contributed by atoms with Gasteiger partial charge in [0.2, 0.25) is 29.5 Å². The van der Waals surface area contributed by atoms with Crippen molar-refractivity contribution in [3.05, 3.63) is 5.73 Å². The van der Waals surface area contributed by atoms with Crippen molar-refractivity contribution in [2.75, 3.05) is 13.1 Å². The van der Waals surface area contributed by atoms with Crippen molar-refractivity contribution in [2.45, 2.75) is 230 Å². The van der Waals surface area contributed by atoms with Crippen LogP contribution in [0.5, 0.6) is 0 Å². The molecule has 71 heavy (non-hydrogen) atoms. The molecule has 21 heteroatoms. The molecule has 4 atom stereocenters. The molecule has 1 unspecified atom stereocenters. The fourth-order valence-electron chi connectivity index (χ4n) is 8.43. The number of amides is 5. The summed E-state index contributed by atoms with van der Waals surface area (Å²) in [5.41, 5.74) is 7.60. The molecular formula is C50H85LiN6O14. The number of unbranched alkanes of at least 4 members (excludes halogenated alkanes) is 16. The molecule has 5 amide bonds. The van der Waals surface area contributed by atoms with Crippen molar-refractivity contribution in [1.82, 2.24) is 26.6 Å². The topological polar surface area (TPSA) is 336 Å². The molecule has 1 fully saturated rings. The van der Waals surface area contributed by atoms with Gasteiger partial charge in [-0.1, -0.05) is 109 Å². The minimum Gasteiger partial charge on any atom is -0.668 e. The zero-order chi connectivity index (χ0) is 52.1. The van der Waals surface area contributed by atoms with Gasteiger partial charge in [-0.25, -0.2) is 14.4 Å². The number of carbonyl (C=O) groups excluding carboxylic acids is 6. The minimum absolute atomic E-state index is 0. The van der Waals surface area contributed by atoms with Gasteiger partial charge in [-0.05, 0) is 77.0 Å². The van der Waals surface area contributed by atoms with E-state index in [-0.39, 0.29) is 68.7 Å². The molecule has 0 bridgehead atoms. The third kappa shape index (κ3) is 35.3. The van der Waals surface area contributed by atoms with E-state index in [1.54, 1.807) is 0 Å². The van der Waals surface area contributed by atoms with E-state index in [9.17, 15) is 63.3 Å². The molecule has 1 saturated carbocycles. The molecule has 0 radical (unpaired) electrons. The number of ketones is 1. The maximum absolute atomic E-state index is 13.0. The van der Waals surface area contributed by atoms with Crippen molar-refractivity contribution >= 4 is 59.2 Å². The van der Waals surface area contributed by atoms with Crippen LogP contribution >= 0.6 is 0 Å². The van der Waals surface area contributed by atoms with Crippen LogP contribution in [-0.4, -0.2) is 117 Å². The van der Waals surface area contributed by atoms with Crippen LogP contribution < -0.4 is 45.4 Å². The summed E-state index contributed by atoms with van der Waals surface area (Å²) in [5.74, 6) is -8.01. The summed E-state index contributed by atoms with van der Waals surface area (Å²) in [4.78, 5) is 120. The maximum atomic E-state index is 13.0. The van der Waals surface area contributed by atoms with Gasteiger partial charge in [-0.15, -0.1) is 0 Å². The zero-order valence-electron chi connectivity index (χ0n) is 42.7. The number of hydrogen-bond donors (Lipinski definition) is 9. The molecule has 1 rings (SSSR count). The second-order valence-electron chi connectivity index (χ2n) is 19.0. The van der Waals surface area contributed by atoms with Gasteiger partial charge in [0.15, 0.2) is 0 Å². The van der Waals surface area contributed by atoms with Crippen LogP contribution in [0.1, 0.15) is 206 Å². The molecule has 400 valence electrons. The van der Waals surface area contributed by atoms with Gasteiger partial charge in [0.1, 0.15) is 23.9 Å². The van der Waals surface area contributed by atoms with Crippen LogP contribution in [0, 0.1) is 11.8 Å². The number of hydrogen-bond acceptors (Lipinski definition) is 10. The maximum Gasteiger partial charge on any atom is 1.00 e. The van der Waals surface area contributed by atoms with E-state index in [1.165, 1.54) is 71.1 Å². The van der Waals surface area contributed by atoms with Crippen LogP contribution in [0.25, 0.3) is 5.73 Å². The Labute approximate surface area is 432 Å². The first-order chi connectivity index (χ1) is 33.4. The van der Waals surface area contributed by atoms with Crippen LogP contribution in [0.2, 0.25) is 0 Å². The van der Waals surface area contributed by atoms with Gasteiger partial charge in [-0.2, -0.15) is 0 Å². The Morgan fingerprint density at radius 1 is 0.451 bits per heavy atom. The average Bonchev–Trinajstić information content (AvgIpc) is 3.31. The van der Waals surface area contributed by atoms with Gasteiger partial charge in [-0.3, -0.25) is 28.8 Å². The van der Waals surface area contributed by atoms with E-state index in [0.29, 0.717) is 57.9 Å². The first-order valence-electron chi connectivity index (χ1n) is 25.9. The Hall–Kier alpha value is -4.54. The number of Topliss-reactive ketones (excluding diaryl/α,β-unsaturated/α-hetero) is 1. The molecule has 1 aliphatic carbocycles. The fraction of sp³-hybridized carbons (Fsp3) is 0.800. The summed E-state index contributed by atoms with van der Waals surface area (Å²) >= 11 is 0. The average molecular weight is 1000 g/mol. The van der Waals surface area contributed by atoms with Gasteiger partial charge in [0, 0.05) is 51.1 Å². The van der Waals surface area contributed by atoms with Gasteiger partial charge in [0.05, 0.1) is 0 Å². The summed E-state index contributed by atoms with van der Waals surface area (Å²) in [7, 11) is 0. The first kappa shape index (κ1) is 66.5. The van der Waals surface area contributed by atoms with E-state index in [1.807, 2.05) is 0 Å². The van der Waals surface area contributed by atoms with Gasteiger partial charge < -0.3 is 57.5 Å². The quantitative estimate of drug-likeness (QED) is 0.0313. The third-order valence-electron chi connectivity index (χ3n) is 12.9. The number of carboxylic acid groups (broad SMARTS) is 4. The molecule has 0 spiro atoms. The Balaban J connectivity index is 0.0000490. The van der Waals surface area contributed by atoms with Gasteiger partial charge in [0.25, 0.3) is 0 Å². The molecule has 1 aliphatic rings. The SMILES string of the molecule is CC(=O)C([NH-])CCCCNC(=O)CC[C@H](NC(=O)CC[C@H](NC(=O)CC[C@H](NC(=O)C1CCC(CNC(=O)CCCCCCCCCCCCCCCCCCC(=O)O)CC1)C(=O)O)C(=O)O)C(=O)O.[Li+]. The van der Waals surface area contributed by atoms with Crippen LogP contribution in [0.4, 0.5) is 0 Å². The van der Waals surface area contributed by atoms with Crippen molar-refractivity contribution in [1.29, 1.82) is 0 Å². The monoisotopic (exact) mass is 1000 g/mol. The van der Waals surface area contributed by atoms with E-state index in [4.69, 9.17) is 10.8 Å². The van der Waals surface area contributed by atoms with Crippen molar-refractivity contribution < 1.29 is 87.2 Å². The normalized spacial score (nSPS) is 15.9. The summed E-state index contributed by atoms with van der Waals surface area (Å²) in [5, 5.41) is 50.3. The molecule has 0 aliphatic heterocycles. The van der Waals surface area contributed by atoms with E-state index in [2.05, 4.69) is 26.6 Å². The summed E-state index contributed by atoms with van der Waals surface area (Å²) in [6, 6.07) is -5.24. The number of carbonyl (C=O) groups is 10. The standard InChI is InChI=1S/C50H85N6O14.Li/c1-35(57)38(51)20-18-19-33-52-43(59)30-27-39(48(65)66)54-44(60)31-28-40(49(67)68)55-45(61)32-29-41(50(69)70)56-47(64)37-25-23-36(24-26-37)34-53-42(58)21-16-14-12-10-8-6-4-2-3-5-7-9-11-13-15-17-22-46(62)63;/h36-41,51H,2-34H2,1H3,(H,52,59)(H,53,58)(H,54,60)(H,55,61)(H,56,64)(H,62,63)(H,65,66)(H,67,68)(H,69,70);/q-1;+1/t36?,37?,38?,39-,40-,41-;/m0./s1. The van der Waals surface area contributed by atoms with E-state index in [0.717, 1.165) is 38.5 Å². The van der Waals surface area contributed by atoms with E-state index < -0.39 is 96.9 Å². The van der Waals surface area contributed by atoms with Crippen molar-refractivity contribution in [2.24, 2.45) is 11.8 Å². The second-order valence-corrected chi connectivity index (χ2v) is 19.0. The molecule has 0 aromatic heterocycles. The van der Waals surface area contributed by atoms with Crippen LogP contribution in [0.3, 0.4) is 0 Å². The Bertz CT molecular complexity index is 1630. The van der Waals surface area contributed by atoms with Crippen LogP contribution in [-0.2, 0) is 47.9 Å². The minimum atomic E-state index is -1.56. The number of rotatable bonds is 43. The zero-order valence-corrected chi connectivity index (χ0v) is 42.7. The summed E-state index contributed by atoms with van der Waals surface area (Å²) in [6.45, 7) is 2.12. The Morgan fingerprint density at radius 3 is 1.24 bits per heavy atom. The Morgan fingerprint density at radius 2 is 0.831 bits per heavy atom. The summed E-state index contributed by atoms with van der Waals surface area (Å²) < 4.78 is 0. The third-order valence-corrected chi connectivity index (χ3v) is 12.9. The largest absolute Gasteiger partial charge is 1.00 e. The number of aliphatic carboxylic acids is 4. The number of carboxylic acids is 4. The smallest absolute Gasteiger partial charge is 0.668 e. The van der Waals surface area contributed by atoms with Crippen molar-refractivity contribution in [3.63, 3.8) is 0 Å². The molecule has 0 aromatic rings.